The fourth-order valence-corrected chi connectivity index (χ4v) is 5.13. The van der Waals surface area contributed by atoms with Crippen molar-refractivity contribution in [1.29, 1.82) is 0 Å². The molecular formula is C28H28ClFN6O3. The average Bonchev–Trinajstić information content (AvgIpc) is 3.26. The van der Waals surface area contributed by atoms with E-state index >= 15 is 0 Å². The Bertz CT molecular complexity index is 1610. The number of carbonyl (C=O) groups excluding carboxylic acids is 1. The number of hydrogen-bond acceptors (Lipinski definition) is 7. The van der Waals surface area contributed by atoms with Crippen LogP contribution < -0.4 is 20.5 Å². The van der Waals surface area contributed by atoms with Gasteiger partial charge in [0.05, 0.1) is 33.1 Å². The minimum atomic E-state index is -0.429. The van der Waals surface area contributed by atoms with Gasteiger partial charge in [-0.2, -0.15) is 0 Å². The molecule has 1 N–H and O–H groups in total. The number of carbonyl (C=O) groups is 1. The lowest BCUT2D eigenvalue weighted by Crippen LogP contribution is -2.44. The molecule has 0 atom stereocenters. The van der Waals surface area contributed by atoms with Gasteiger partial charge in [-0.3, -0.25) is 19.1 Å². The molecule has 202 valence electrons. The first-order chi connectivity index (χ1) is 18.9. The molecular weight excluding hydrogens is 523 g/mol. The number of rotatable bonds is 9. The lowest BCUT2D eigenvalue weighted by atomic mass is 10.1. The molecule has 11 heteroatoms. The third-order valence-electron chi connectivity index (χ3n) is 6.82. The summed E-state index contributed by atoms with van der Waals surface area (Å²) in [6, 6.07) is 10.9. The van der Waals surface area contributed by atoms with Gasteiger partial charge in [0.1, 0.15) is 28.4 Å². The highest BCUT2D eigenvalue weighted by Gasteiger charge is 2.27. The Morgan fingerprint density at radius 1 is 1.23 bits per heavy atom. The standard InChI is InChI=1S/C28H28ClFN6O3/c1-31-14-22-25-26(28(38)35(17-33-25)16-24(37)18-4-3-5-21(13-18)39-2)36(27(22)34-10-8-32-9-11-34)15-19-12-20(30)6-7-23(19)29/h3-7,12-13,17,32H,1,8-11,14-16H2,2H3. The highest BCUT2D eigenvalue weighted by molar-refractivity contribution is 6.31. The van der Waals surface area contributed by atoms with Crippen LogP contribution in [0.15, 0.2) is 58.6 Å². The number of hydrogen-bond donors (Lipinski definition) is 1. The second-order valence-electron chi connectivity index (χ2n) is 9.27. The monoisotopic (exact) mass is 550 g/mol. The summed E-state index contributed by atoms with van der Waals surface area (Å²) in [7, 11) is 1.52. The molecule has 3 heterocycles. The first-order valence-corrected chi connectivity index (χ1v) is 12.9. The van der Waals surface area contributed by atoms with Crippen molar-refractivity contribution >= 4 is 41.0 Å². The molecule has 2 aromatic carbocycles. The zero-order chi connectivity index (χ0) is 27.5. The van der Waals surface area contributed by atoms with E-state index in [4.69, 9.17) is 16.3 Å². The van der Waals surface area contributed by atoms with Crippen LogP contribution in [0.4, 0.5) is 10.2 Å². The van der Waals surface area contributed by atoms with Crippen LogP contribution in [0.1, 0.15) is 21.5 Å². The number of aromatic nitrogens is 3. The lowest BCUT2D eigenvalue weighted by Gasteiger charge is -2.31. The van der Waals surface area contributed by atoms with Crippen molar-refractivity contribution in [2.24, 2.45) is 4.99 Å². The second kappa shape index (κ2) is 11.4. The Kier molecular flexibility index (Phi) is 7.76. The lowest BCUT2D eigenvalue weighted by molar-refractivity contribution is 0.0970. The fraction of sp³-hybridized carbons (Fsp3) is 0.286. The highest BCUT2D eigenvalue weighted by atomic mass is 35.5. The summed E-state index contributed by atoms with van der Waals surface area (Å²) in [6.45, 7) is 6.74. The number of nitrogens with one attached hydrogen (secondary N) is 1. The van der Waals surface area contributed by atoms with E-state index in [1.807, 2.05) is 4.57 Å². The van der Waals surface area contributed by atoms with E-state index < -0.39 is 11.4 Å². The Labute approximate surface area is 229 Å². The number of halogens is 2. The normalized spacial score (nSPS) is 13.6. The number of anilines is 1. The third-order valence-corrected chi connectivity index (χ3v) is 7.19. The number of benzene rings is 2. The van der Waals surface area contributed by atoms with Crippen molar-refractivity contribution in [3.8, 4) is 5.75 Å². The molecule has 39 heavy (non-hydrogen) atoms. The van der Waals surface area contributed by atoms with Crippen molar-refractivity contribution in [2.45, 2.75) is 19.6 Å². The van der Waals surface area contributed by atoms with Crippen LogP contribution in [-0.4, -0.2) is 59.9 Å². The molecule has 9 nitrogen and oxygen atoms in total. The van der Waals surface area contributed by atoms with Crippen molar-refractivity contribution in [2.75, 3.05) is 38.2 Å². The van der Waals surface area contributed by atoms with Gasteiger partial charge in [0, 0.05) is 42.3 Å². The molecule has 1 aliphatic rings. The maximum absolute atomic E-state index is 14.2. The molecule has 1 saturated heterocycles. The van der Waals surface area contributed by atoms with Gasteiger partial charge in [0.2, 0.25) is 0 Å². The molecule has 1 fully saturated rings. The van der Waals surface area contributed by atoms with Crippen molar-refractivity contribution in [3.05, 3.63) is 86.7 Å². The number of methoxy groups -OCH3 is 1. The van der Waals surface area contributed by atoms with Crippen molar-refractivity contribution in [3.63, 3.8) is 0 Å². The minimum Gasteiger partial charge on any atom is -0.497 e. The second-order valence-corrected chi connectivity index (χ2v) is 9.68. The Morgan fingerprint density at radius 2 is 2.03 bits per heavy atom. The van der Waals surface area contributed by atoms with Crippen LogP contribution in [0.3, 0.4) is 0 Å². The number of piperazine rings is 1. The largest absolute Gasteiger partial charge is 0.497 e. The maximum atomic E-state index is 14.2. The number of aliphatic imine (C=N–C) groups is 1. The molecule has 0 spiro atoms. The maximum Gasteiger partial charge on any atom is 0.278 e. The number of ether oxygens (including phenoxy) is 1. The SMILES string of the molecule is C=NCc1c(N2CCNCC2)n(Cc2cc(F)ccc2Cl)c2c(=O)n(CC(=O)c3cccc(OC)c3)cnc12. The predicted molar refractivity (Wildman–Crippen MR) is 150 cm³/mol. The summed E-state index contributed by atoms with van der Waals surface area (Å²) in [5, 5.41) is 3.72. The van der Waals surface area contributed by atoms with E-state index in [2.05, 4.69) is 26.9 Å². The zero-order valence-electron chi connectivity index (χ0n) is 21.5. The number of Topliss-reactive ketones (excluding diaryl/α,β-unsaturated/α-hetero) is 1. The number of fused-ring (bicyclic) bond motifs is 1. The molecule has 0 saturated carbocycles. The van der Waals surface area contributed by atoms with E-state index in [0.29, 0.717) is 46.0 Å². The molecule has 0 unspecified atom stereocenters. The summed E-state index contributed by atoms with van der Waals surface area (Å²) in [5.74, 6) is 0.617. The summed E-state index contributed by atoms with van der Waals surface area (Å²) >= 11 is 6.45. The Hall–Kier alpha value is -4.02. The van der Waals surface area contributed by atoms with E-state index in [1.165, 1.54) is 36.2 Å². The van der Waals surface area contributed by atoms with Gasteiger partial charge in [-0.05, 0) is 42.6 Å². The predicted octanol–water partition coefficient (Wildman–Crippen LogP) is 3.54. The quantitative estimate of drug-likeness (QED) is 0.253. The first-order valence-electron chi connectivity index (χ1n) is 12.5. The molecule has 4 aromatic rings. The van der Waals surface area contributed by atoms with Gasteiger partial charge < -0.3 is 19.5 Å². The molecule has 1 aliphatic heterocycles. The Morgan fingerprint density at radius 3 is 2.77 bits per heavy atom. The number of ketones is 1. The fourth-order valence-electron chi connectivity index (χ4n) is 4.96. The highest BCUT2D eigenvalue weighted by Crippen LogP contribution is 2.33. The molecule has 2 aromatic heterocycles. The summed E-state index contributed by atoms with van der Waals surface area (Å²) in [4.78, 5) is 38.0. The summed E-state index contributed by atoms with van der Waals surface area (Å²) < 4.78 is 22.6. The summed E-state index contributed by atoms with van der Waals surface area (Å²) in [6.07, 6.45) is 1.39. The van der Waals surface area contributed by atoms with Gasteiger partial charge in [-0.1, -0.05) is 23.7 Å². The van der Waals surface area contributed by atoms with E-state index in [0.717, 1.165) is 24.5 Å². The first kappa shape index (κ1) is 26.6. The molecule has 0 amide bonds. The Balaban J connectivity index is 1.68. The van der Waals surface area contributed by atoms with Crippen LogP contribution in [-0.2, 0) is 19.6 Å². The van der Waals surface area contributed by atoms with Gasteiger partial charge in [0.25, 0.3) is 5.56 Å². The van der Waals surface area contributed by atoms with Crippen LogP contribution >= 0.6 is 11.6 Å². The average molecular weight is 551 g/mol. The van der Waals surface area contributed by atoms with E-state index in [-0.39, 0.29) is 25.4 Å². The number of nitrogens with zero attached hydrogens (tertiary/aromatic N) is 5. The van der Waals surface area contributed by atoms with Crippen LogP contribution in [0, 0.1) is 5.82 Å². The molecule has 0 bridgehead atoms. The molecule has 0 aliphatic carbocycles. The van der Waals surface area contributed by atoms with Crippen LogP contribution in [0.25, 0.3) is 11.0 Å². The van der Waals surface area contributed by atoms with E-state index in [9.17, 15) is 14.0 Å². The van der Waals surface area contributed by atoms with Gasteiger partial charge >= 0.3 is 0 Å². The van der Waals surface area contributed by atoms with Gasteiger partial charge in [-0.25, -0.2) is 9.37 Å². The molecule has 0 radical (unpaired) electrons. The summed E-state index contributed by atoms with van der Waals surface area (Å²) in [5.41, 5.74) is 2.06. The van der Waals surface area contributed by atoms with Crippen molar-refractivity contribution < 1.29 is 13.9 Å². The topological polar surface area (TPSA) is 93.8 Å². The van der Waals surface area contributed by atoms with Gasteiger partial charge in [-0.15, -0.1) is 0 Å². The third kappa shape index (κ3) is 5.30. The van der Waals surface area contributed by atoms with Crippen molar-refractivity contribution in [1.82, 2.24) is 19.4 Å². The molecule has 5 rings (SSSR count). The zero-order valence-corrected chi connectivity index (χ0v) is 22.2. The minimum absolute atomic E-state index is 0.133. The van der Waals surface area contributed by atoms with Gasteiger partial charge in [0.15, 0.2) is 5.78 Å². The smallest absolute Gasteiger partial charge is 0.278 e. The van der Waals surface area contributed by atoms with Crippen LogP contribution in [0.2, 0.25) is 5.02 Å². The van der Waals surface area contributed by atoms with Crippen LogP contribution in [0.5, 0.6) is 5.75 Å². The van der Waals surface area contributed by atoms with E-state index in [1.54, 1.807) is 24.3 Å².